The van der Waals surface area contributed by atoms with E-state index < -0.39 is 6.04 Å². The summed E-state index contributed by atoms with van der Waals surface area (Å²) in [4.78, 5) is 26.0. The highest BCUT2D eigenvalue weighted by molar-refractivity contribution is 6.05. The van der Waals surface area contributed by atoms with Crippen molar-refractivity contribution in [3.63, 3.8) is 0 Å². The Morgan fingerprint density at radius 1 is 1.29 bits per heavy atom. The first-order valence-electron chi connectivity index (χ1n) is 5.71. The molecule has 0 radical (unpaired) electrons. The maximum atomic E-state index is 12.2. The van der Waals surface area contributed by atoms with E-state index in [1.54, 1.807) is 11.0 Å². The topological polar surface area (TPSA) is 49.4 Å². The smallest absolute Gasteiger partial charge is 0.255 e. The Morgan fingerprint density at radius 2 is 2.00 bits per heavy atom. The van der Waals surface area contributed by atoms with Crippen molar-refractivity contribution >= 4 is 11.8 Å². The molecule has 1 aromatic rings. The van der Waals surface area contributed by atoms with Gasteiger partial charge in [0, 0.05) is 12.1 Å². The fourth-order valence-corrected chi connectivity index (χ4v) is 2.68. The third-order valence-electron chi connectivity index (χ3n) is 3.33. The SMILES string of the molecule is CC1(C)CN2C(=O)c3ccccc3C2C(=O)N1. The zero-order valence-electron chi connectivity index (χ0n) is 9.86. The standard InChI is InChI=1S/C13H14N2O2/c1-13(2)7-15-10(11(16)14-13)8-5-3-4-6-9(8)12(15)17/h3-6,10H,7H2,1-2H3,(H,14,16). The lowest BCUT2D eigenvalue weighted by atomic mass is 9.97. The Bertz CT molecular complexity index is 522. The molecule has 1 aromatic carbocycles. The summed E-state index contributed by atoms with van der Waals surface area (Å²) in [6.07, 6.45) is 0. The molecule has 2 heterocycles. The molecule has 2 amide bonds. The molecule has 2 aliphatic rings. The second-order valence-corrected chi connectivity index (χ2v) is 5.30. The van der Waals surface area contributed by atoms with Crippen molar-refractivity contribution in [3.05, 3.63) is 35.4 Å². The number of hydrogen-bond donors (Lipinski definition) is 1. The number of piperazine rings is 1. The number of carbonyl (C=O) groups excluding carboxylic acids is 2. The fraction of sp³-hybridized carbons (Fsp3) is 0.385. The van der Waals surface area contributed by atoms with Crippen LogP contribution in [0.1, 0.15) is 35.8 Å². The van der Waals surface area contributed by atoms with Crippen LogP contribution in [0.5, 0.6) is 0 Å². The van der Waals surface area contributed by atoms with Gasteiger partial charge in [-0.1, -0.05) is 18.2 Å². The van der Waals surface area contributed by atoms with E-state index in [9.17, 15) is 9.59 Å². The normalized spacial score (nSPS) is 25.3. The van der Waals surface area contributed by atoms with E-state index in [2.05, 4.69) is 5.32 Å². The van der Waals surface area contributed by atoms with Crippen molar-refractivity contribution in [2.75, 3.05) is 6.54 Å². The zero-order chi connectivity index (χ0) is 12.2. The molecule has 4 heteroatoms. The highest BCUT2D eigenvalue weighted by atomic mass is 16.2. The minimum Gasteiger partial charge on any atom is -0.347 e. The highest BCUT2D eigenvalue weighted by Crippen LogP contribution is 2.37. The molecule has 1 N–H and O–H groups in total. The van der Waals surface area contributed by atoms with Crippen LogP contribution in [-0.4, -0.2) is 28.8 Å². The van der Waals surface area contributed by atoms with Crippen molar-refractivity contribution in [1.29, 1.82) is 0 Å². The van der Waals surface area contributed by atoms with E-state index in [0.717, 1.165) is 5.56 Å². The minimum absolute atomic E-state index is 0.0338. The summed E-state index contributed by atoms with van der Waals surface area (Å²) in [6, 6.07) is 6.90. The number of carbonyl (C=O) groups is 2. The van der Waals surface area contributed by atoms with Gasteiger partial charge in [-0.15, -0.1) is 0 Å². The first-order chi connectivity index (χ1) is 7.99. The van der Waals surface area contributed by atoms with Crippen LogP contribution in [0.25, 0.3) is 0 Å². The van der Waals surface area contributed by atoms with Gasteiger partial charge in [0.15, 0.2) is 0 Å². The van der Waals surface area contributed by atoms with Gasteiger partial charge in [0.2, 0.25) is 5.91 Å². The molecule has 2 aliphatic heterocycles. The second-order valence-electron chi connectivity index (χ2n) is 5.30. The van der Waals surface area contributed by atoms with E-state index in [4.69, 9.17) is 0 Å². The van der Waals surface area contributed by atoms with Crippen molar-refractivity contribution in [3.8, 4) is 0 Å². The fourth-order valence-electron chi connectivity index (χ4n) is 2.68. The van der Waals surface area contributed by atoms with Gasteiger partial charge in [-0.2, -0.15) is 0 Å². The number of rotatable bonds is 0. The summed E-state index contributed by atoms with van der Waals surface area (Å²) in [5.41, 5.74) is 1.13. The van der Waals surface area contributed by atoms with Crippen LogP contribution in [0.3, 0.4) is 0 Å². The summed E-state index contributed by atoms with van der Waals surface area (Å²) in [7, 11) is 0. The number of nitrogens with zero attached hydrogens (tertiary/aromatic N) is 1. The van der Waals surface area contributed by atoms with E-state index in [0.29, 0.717) is 12.1 Å². The van der Waals surface area contributed by atoms with Gasteiger partial charge in [0.1, 0.15) is 6.04 Å². The summed E-state index contributed by atoms with van der Waals surface area (Å²) < 4.78 is 0. The van der Waals surface area contributed by atoms with Crippen LogP contribution < -0.4 is 5.32 Å². The maximum absolute atomic E-state index is 12.2. The van der Waals surface area contributed by atoms with Gasteiger partial charge in [0.05, 0.1) is 5.54 Å². The van der Waals surface area contributed by atoms with Gasteiger partial charge >= 0.3 is 0 Å². The van der Waals surface area contributed by atoms with E-state index in [1.807, 2.05) is 32.0 Å². The molecule has 0 saturated carbocycles. The van der Waals surface area contributed by atoms with Crippen molar-refractivity contribution < 1.29 is 9.59 Å². The predicted molar refractivity (Wildman–Crippen MR) is 62.4 cm³/mol. The molecule has 88 valence electrons. The number of amides is 2. The molecule has 1 atom stereocenters. The van der Waals surface area contributed by atoms with Gasteiger partial charge in [-0.25, -0.2) is 0 Å². The molecule has 1 fully saturated rings. The molecule has 4 nitrogen and oxygen atoms in total. The van der Waals surface area contributed by atoms with Crippen LogP contribution >= 0.6 is 0 Å². The van der Waals surface area contributed by atoms with Gasteiger partial charge < -0.3 is 10.2 Å². The van der Waals surface area contributed by atoms with Gasteiger partial charge in [-0.05, 0) is 25.5 Å². The number of hydrogen-bond acceptors (Lipinski definition) is 2. The minimum atomic E-state index is -0.438. The molecule has 0 spiro atoms. The Labute approximate surface area is 99.6 Å². The lowest BCUT2D eigenvalue weighted by molar-refractivity contribution is -0.131. The first kappa shape index (κ1) is 10.3. The Hall–Kier alpha value is -1.84. The molecule has 3 rings (SSSR count). The number of fused-ring (bicyclic) bond motifs is 3. The van der Waals surface area contributed by atoms with Crippen molar-refractivity contribution in [1.82, 2.24) is 10.2 Å². The first-order valence-corrected chi connectivity index (χ1v) is 5.71. The molecule has 17 heavy (non-hydrogen) atoms. The third-order valence-corrected chi connectivity index (χ3v) is 3.33. The molecule has 0 aliphatic carbocycles. The largest absolute Gasteiger partial charge is 0.347 e. The molecular weight excluding hydrogens is 216 g/mol. The summed E-state index contributed by atoms with van der Waals surface area (Å²) in [6.45, 7) is 4.41. The summed E-state index contributed by atoms with van der Waals surface area (Å²) in [5, 5.41) is 2.96. The quantitative estimate of drug-likeness (QED) is 0.725. The zero-order valence-corrected chi connectivity index (χ0v) is 9.86. The Balaban J connectivity index is 2.11. The molecule has 0 aromatic heterocycles. The van der Waals surface area contributed by atoms with Gasteiger partial charge in [-0.3, -0.25) is 9.59 Å². The molecule has 1 unspecified atom stereocenters. The summed E-state index contributed by atoms with van der Waals surface area (Å²) >= 11 is 0. The predicted octanol–water partition coefficient (Wildman–Crippen LogP) is 1.09. The molecule has 1 saturated heterocycles. The van der Waals surface area contributed by atoms with E-state index >= 15 is 0 Å². The van der Waals surface area contributed by atoms with Crippen LogP contribution in [0.15, 0.2) is 24.3 Å². The Morgan fingerprint density at radius 3 is 2.76 bits per heavy atom. The van der Waals surface area contributed by atoms with Crippen LogP contribution in [0.4, 0.5) is 0 Å². The maximum Gasteiger partial charge on any atom is 0.255 e. The molecular formula is C13H14N2O2. The van der Waals surface area contributed by atoms with Crippen LogP contribution in [0, 0.1) is 0 Å². The third kappa shape index (κ3) is 1.37. The van der Waals surface area contributed by atoms with Crippen molar-refractivity contribution in [2.45, 2.75) is 25.4 Å². The molecule has 0 bridgehead atoms. The average Bonchev–Trinajstić information content (AvgIpc) is 2.52. The van der Waals surface area contributed by atoms with Gasteiger partial charge in [0.25, 0.3) is 5.91 Å². The lowest BCUT2D eigenvalue weighted by Gasteiger charge is -2.40. The van der Waals surface area contributed by atoms with E-state index in [-0.39, 0.29) is 17.4 Å². The van der Waals surface area contributed by atoms with Crippen molar-refractivity contribution in [2.24, 2.45) is 0 Å². The summed E-state index contributed by atoms with van der Waals surface area (Å²) in [5.74, 6) is -0.118. The lowest BCUT2D eigenvalue weighted by Crippen LogP contribution is -2.60. The average molecular weight is 230 g/mol. The Kier molecular flexibility index (Phi) is 1.88. The second kappa shape index (κ2) is 3.09. The van der Waals surface area contributed by atoms with Crippen LogP contribution in [-0.2, 0) is 4.79 Å². The number of benzene rings is 1. The monoisotopic (exact) mass is 230 g/mol. The number of nitrogens with one attached hydrogen (secondary N) is 1. The van der Waals surface area contributed by atoms with Crippen LogP contribution in [0.2, 0.25) is 0 Å². The highest BCUT2D eigenvalue weighted by Gasteiger charge is 2.47. The van der Waals surface area contributed by atoms with E-state index in [1.165, 1.54) is 0 Å².